The molecule has 0 amide bonds. The van der Waals surface area contributed by atoms with Crippen molar-refractivity contribution in [2.24, 2.45) is 5.73 Å². The molecule has 0 heterocycles. The lowest BCUT2D eigenvalue weighted by atomic mass is 9.98. The number of halogens is 1. The molecule has 20 heavy (non-hydrogen) atoms. The molecule has 1 unspecified atom stereocenters. The first-order valence-electron chi connectivity index (χ1n) is 6.71. The highest BCUT2D eigenvalue weighted by Gasteiger charge is 2.07. The molecule has 0 aliphatic rings. The van der Waals surface area contributed by atoms with Gasteiger partial charge in [-0.15, -0.1) is 0 Å². The molecule has 100 valence electrons. The third kappa shape index (κ3) is 2.92. The van der Waals surface area contributed by atoms with Gasteiger partial charge >= 0.3 is 0 Å². The van der Waals surface area contributed by atoms with Crippen molar-refractivity contribution in [3.05, 3.63) is 82.3 Å². The Balaban J connectivity index is 1.83. The molecule has 0 saturated carbocycles. The van der Waals surface area contributed by atoms with E-state index in [-0.39, 0.29) is 6.04 Å². The van der Waals surface area contributed by atoms with Crippen LogP contribution in [0.2, 0.25) is 0 Å². The van der Waals surface area contributed by atoms with E-state index in [1.54, 1.807) is 0 Å². The fourth-order valence-electron chi connectivity index (χ4n) is 2.45. The summed E-state index contributed by atoms with van der Waals surface area (Å²) in [7, 11) is 0. The topological polar surface area (TPSA) is 26.0 Å². The molecule has 2 heteroatoms. The Bertz CT molecular complexity index is 719. The molecule has 2 N–H and O–H groups in total. The van der Waals surface area contributed by atoms with E-state index in [9.17, 15) is 0 Å². The Morgan fingerprint density at radius 3 is 2.30 bits per heavy atom. The molecule has 1 atom stereocenters. The highest BCUT2D eigenvalue weighted by molar-refractivity contribution is 9.10. The van der Waals surface area contributed by atoms with Crippen molar-refractivity contribution < 1.29 is 0 Å². The largest absolute Gasteiger partial charge is 0.324 e. The minimum Gasteiger partial charge on any atom is -0.324 e. The van der Waals surface area contributed by atoms with Crippen molar-refractivity contribution in [2.45, 2.75) is 12.5 Å². The predicted octanol–water partition coefficient (Wildman–Crippen LogP) is 4.84. The van der Waals surface area contributed by atoms with Gasteiger partial charge in [-0.05, 0) is 40.5 Å². The van der Waals surface area contributed by atoms with Gasteiger partial charge in [0.15, 0.2) is 0 Å². The minimum absolute atomic E-state index is 0.0317. The maximum Gasteiger partial charge on any atom is 0.0335 e. The van der Waals surface area contributed by atoms with Crippen molar-refractivity contribution in [1.82, 2.24) is 0 Å². The summed E-state index contributed by atoms with van der Waals surface area (Å²) in [5, 5.41) is 2.54. The van der Waals surface area contributed by atoms with Crippen LogP contribution in [0.25, 0.3) is 10.8 Å². The lowest BCUT2D eigenvalue weighted by molar-refractivity contribution is 0.722. The van der Waals surface area contributed by atoms with Gasteiger partial charge in [0.1, 0.15) is 0 Å². The first-order chi connectivity index (χ1) is 9.72. The first-order valence-corrected chi connectivity index (χ1v) is 7.50. The fraction of sp³-hybridized carbons (Fsp3) is 0.111. The Kier molecular flexibility index (Phi) is 3.86. The van der Waals surface area contributed by atoms with Crippen molar-refractivity contribution in [3.63, 3.8) is 0 Å². The molecule has 0 aliphatic heterocycles. The molecule has 3 rings (SSSR count). The Morgan fingerprint density at radius 2 is 1.55 bits per heavy atom. The second-order valence-electron chi connectivity index (χ2n) is 5.04. The number of benzene rings is 3. The van der Waals surface area contributed by atoms with E-state index in [1.807, 2.05) is 12.1 Å². The summed E-state index contributed by atoms with van der Waals surface area (Å²) >= 11 is 3.45. The van der Waals surface area contributed by atoms with Crippen LogP contribution in [-0.2, 0) is 6.42 Å². The van der Waals surface area contributed by atoms with Crippen molar-refractivity contribution in [1.29, 1.82) is 0 Å². The summed E-state index contributed by atoms with van der Waals surface area (Å²) in [6, 6.07) is 23.2. The molecule has 0 aliphatic carbocycles. The Hall–Kier alpha value is -1.64. The van der Waals surface area contributed by atoms with Gasteiger partial charge in [-0.2, -0.15) is 0 Å². The first kappa shape index (κ1) is 13.3. The zero-order valence-corrected chi connectivity index (χ0v) is 12.7. The van der Waals surface area contributed by atoms with Crippen molar-refractivity contribution >= 4 is 26.7 Å². The molecular formula is C18H16BrN. The van der Waals surface area contributed by atoms with E-state index in [4.69, 9.17) is 5.73 Å². The highest BCUT2D eigenvalue weighted by atomic mass is 79.9. The van der Waals surface area contributed by atoms with Crippen LogP contribution in [0.4, 0.5) is 0 Å². The van der Waals surface area contributed by atoms with Crippen LogP contribution >= 0.6 is 15.9 Å². The number of nitrogens with two attached hydrogens (primary N) is 1. The maximum absolute atomic E-state index is 6.31. The molecule has 0 fully saturated rings. The van der Waals surface area contributed by atoms with Gasteiger partial charge < -0.3 is 5.73 Å². The Morgan fingerprint density at radius 1 is 0.850 bits per heavy atom. The van der Waals surface area contributed by atoms with Crippen LogP contribution in [0, 0.1) is 0 Å². The van der Waals surface area contributed by atoms with E-state index >= 15 is 0 Å². The third-order valence-corrected chi connectivity index (χ3v) is 4.10. The van der Waals surface area contributed by atoms with Crippen LogP contribution in [0.1, 0.15) is 17.2 Å². The fourth-order valence-corrected chi connectivity index (χ4v) is 2.71. The quantitative estimate of drug-likeness (QED) is 0.732. The second kappa shape index (κ2) is 5.78. The summed E-state index contributed by atoms with van der Waals surface area (Å²) in [6.07, 6.45) is 0.854. The molecule has 0 spiro atoms. The molecule has 3 aromatic carbocycles. The molecule has 1 nitrogen and oxygen atoms in total. The normalized spacial score (nSPS) is 12.5. The van der Waals surface area contributed by atoms with Gasteiger partial charge in [0, 0.05) is 10.5 Å². The number of hydrogen-bond acceptors (Lipinski definition) is 1. The van der Waals surface area contributed by atoms with Crippen molar-refractivity contribution in [2.75, 3.05) is 0 Å². The van der Waals surface area contributed by atoms with E-state index < -0.39 is 0 Å². The maximum atomic E-state index is 6.31. The van der Waals surface area contributed by atoms with Crippen molar-refractivity contribution in [3.8, 4) is 0 Å². The average Bonchev–Trinajstić information content (AvgIpc) is 2.48. The molecule has 0 aromatic heterocycles. The number of fused-ring (bicyclic) bond motifs is 1. The van der Waals surface area contributed by atoms with Gasteiger partial charge in [-0.3, -0.25) is 0 Å². The van der Waals surface area contributed by atoms with Crippen LogP contribution in [0.5, 0.6) is 0 Å². The summed E-state index contributed by atoms with van der Waals surface area (Å²) < 4.78 is 1.08. The van der Waals surface area contributed by atoms with Crippen LogP contribution in [-0.4, -0.2) is 0 Å². The number of hydrogen-bond donors (Lipinski definition) is 1. The SMILES string of the molecule is NC(Cc1ccc2ccccc2c1)c1ccc(Br)cc1. The second-order valence-corrected chi connectivity index (χ2v) is 5.96. The van der Waals surface area contributed by atoms with Crippen LogP contribution in [0.3, 0.4) is 0 Å². The predicted molar refractivity (Wildman–Crippen MR) is 88.7 cm³/mol. The van der Waals surface area contributed by atoms with Gasteiger partial charge in [-0.1, -0.05) is 70.5 Å². The molecule has 0 radical (unpaired) electrons. The summed E-state index contributed by atoms with van der Waals surface area (Å²) in [5.41, 5.74) is 8.75. The van der Waals surface area contributed by atoms with Gasteiger partial charge in [-0.25, -0.2) is 0 Å². The Labute approximate surface area is 127 Å². The third-order valence-electron chi connectivity index (χ3n) is 3.57. The lowest BCUT2D eigenvalue weighted by Gasteiger charge is -2.13. The average molecular weight is 326 g/mol. The van der Waals surface area contributed by atoms with Gasteiger partial charge in [0.05, 0.1) is 0 Å². The van der Waals surface area contributed by atoms with E-state index in [0.29, 0.717) is 0 Å². The zero-order chi connectivity index (χ0) is 13.9. The van der Waals surface area contributed by atoms with Gasteiger partial charge in [0.25, 0.3) is 0 Å². The minimum atomic E-state index is 0.0317. The van der Waals surface area contributed by atoms with E-state index in [0.717, 1.165) is 10.9 Å². The smallest absolute Gasteiger partial charge is 0.0335 e. The molecule has 0 saturated heterocycles. The van der Waals surface area contributed by atoms with Crippen LogP contribution < -0.4 is 5.73 Å². The molecule has 3 aromatic rings. The lowest BCUT2D eigenvalue weighted by Crippen LogP contribution is -2.13. The summed E-state index contributed by atoms with van der Waals surface area (Å²) in [5.74, 6) is 0. The monoisotopic (exact) mass is 325 g/mol. The van der Waals surface area contributed by atoms with Gasteiger partial charge in [0.2, 0.25) is 0 Å². The zero-order valence-electron chi connectivity index (χ0n) is 11.1. The highest BCUT2D eigenvalue weighted by Crippen LogP contribution is 2.21. The number of rotatable bonds is 3. The summed E-state index contributed by atoms with van der Waals surface area (Å²) in [4.78, 5) is 0. The standard InChI is InChI=1S/C18H16BrN/c19-17-9-7-15(8-10-17)18(20)12-13-5-6-14-3-1-2-4-16(14)11-13/h1-11,18H,12,20H2. The summed E-state index contributed by atoms with van der Waals surface area (Å²) in [6.45, 7) is 0. The molecule has 0 bridgehead atoms. The van der Waals surface area contributed by atoms with E-state index in [1.165, 1.54) is 21.9 Å². The molecular weight excluding hydrogens is 310 g/mol. The van der Waals surface area contributed by atoms with Crippen LogP contribution in [0.15, 0.2) is 71.2 Å². The van der Waals surface area contributed by atoms with E-state index in [2.05, 4.69) is 70.5 Å².